The van der Waals surface area contributed by atoms with E-state index in [9.17, 15) is 9.59 Å². The molecule has 3 heterocycles. The van der Waals surface area contributed by atoms with E-state index in [2.05, 4.69) is 34.5 Å². The van der Waals surface area contributed by atoms with Gasteiger partial charge in [-0.05, 0) is 41.8 Å². The molecule has 7 rings (SSSR count). The van der Waals surface area contributed by atoms with E-state index in [0.717, 1.165) is 39.1 Å². The second-order valence-corrected chi connectivity index (χ2v) is 11.6. The Morgan fingerprint density at radius 3 is 2.20 bits per heavy atom. The Bertz CT molecular complexity index is 1950. The van der Waals surface area contributed by atoms with E-state index in [1.807, 2.05) is 91.9 Å². The molecule has 4 aromatic carbocycles. The van der Waals surface area contributed by atoms with Gasteiger partial charge in [-0.2, -0.15) is 0 Å². The van der Waals surface area contributed by atoms with E-state index in [0.29, 0.717) is 23.4 Å². The van der Waals surface area contributed by atoms with Gasteiger partial charge in [-0.1, -0.05) is 91.0 Å². The van der Waals surface area contributed by atoms with Crippen molar-refractivity contribution in [2.45, 2.75) is 31.5 Å². The Hall–Kier alpha value is -5.30. The lowest BCUT2D eigenvalue weighted by Crippen LogP contribution is -2.49. The highest BCUT2D eigenvalue weighted by Crippen LogP contribution is 2.59. The molecule has 1 unspecified atom stereocenters. The van der Waals surface area contributed by atoms with Gasteiger partial charge in [0.05, 0.1) is 31.9 Å². The van der Waals surface area contributed by atoms with Crippen molar-refractivity contribution in [1.29, 1.82) is 0 Å². The quantitative estimate of drug-likeness (QED) is 0.161. The molecule has 5 aromatic rings. The molecule has 0 radical (unpaired) electrons. The van der Waals surface area contributed by atoms with E-state index in [1.54, 1.807) is 7.11 Å². The first-order valence-corrected chi connectivity index (χ1v) is 15.1. The van der Waals surface area contributed by atoms with Crippen molar-refractivity contribution in [3.05, 3.63) is 153 Å². The molecular formula is C38H34N2O5. The lowest BCUT2D eigenvalue weighted by Gasteiger charge is -2.53. The topological polar surface area (TPSA) is 81.0 Å². The van der Waals surface area contributed by atoms with Gasteiger partial charge in [-0.25, -0.2) is 9.59 Å². The molecule has 0 aliphatic carbocycles. The number of ether oxygens (including phenoxy) is 2. The van der Waals surface area contributed by atoms with Crippen LogP contribution < -0.4 is 15.7 Å². The Labute approximate surface area is 261 Å². The summed E-state index contributed by atoms with van der Waals surface area (Å²) in [7, 11) is 3.08. The van der Waals surface area contributed by atoms with Crippen LogP contribution in [0.15, 0.2) is 130 Å². The van der Waals surface area contributed by atoms with Crippen molar-refractivity contribution < 1.29 is 18.7 Å². The molecule has 45 heavy (non-hydrogen) atoms. The van der Waals surface area contributed by atoms with Crippen molar-refractivity contribution in [1.82, 2.24) is 4.90 Å². The zero-order valence-corrected chi connectivity index (χ0v) is 25.4. The number of hydrogen-bond acceptors (Lipinski definition) is 7. The van der Waals surface area contributed by atoms with Crippen LogP contribution in [0.5, 0.6) is 5.75 Å². The van der Waals surface area contributed by atoms with E-state index in [1.165, 1.54) is 7.11 Å². The summed E-state index contributed by atoms with van der Waals surface area (Å²) in [5.74, 6) is -0.221. The molecule has 7 heteroatoms. The molecule has 7 nitrogen and oxygen atoms in total. The first-order chi connectivity index (χ1) is 22.0. The summed E-state index contributed by atoms with van der Waals surface area (Å²) in [4.78, 5) is 29.9. The molecule has 0 saturated carbocycles. The van der Waals surface area contributed by atoms with Gasteiger partial charge in [0, 0.05) is 35.0 Å². The van der Waals surface area contributed by atoms with Crippen LogP contribution in [0.25, 0.3) is 11.0 Å². The second kappa shape index (κ2) is 11.7. The molecule has 1 N–H and O–H groups in total. The highest BCUT2D eigenvalue weighted by molar-refractivity contribution is 5.92. The van der Waals surface area contributed by atoms with Crippen LogP contribution in [0.2, 0.25) is 0 Å². The minimum Gasteiger partial charge on any atom is -0.497 e. The van der Waals surface area contributed by atoms with Crippen molar-refractivity contribution >= 4 is 22.6 Å². The van der Waals surface area contributed by atoms with Crippen LogP contribution in [-0.4, -0.2) is 25.1 Å². The molecule has 0 saturated heterocycles. The third-order valence-electron chi connectivity index (χ3n) is 9.29. The van der Waals surface area contributed by atoms with Gasteiger partial charge in [-0.15, -0.1) is 0 Å². The fourth-order valence-corrected chi connectivity index (χ4v) is 7.31. The number of allylic oxidation sites excluding steroid dienone is 1. The van der Waals surface area contributed by atoms with Crippen molar-refractivity contribution in [2.24, 2.45) is 5.92 Å². The summed E-state index contributed by atoms with van der Waals surface area (Å²) < 4.78 is 16.9. The lowest BCUT2D eigenvalue weighted by atomic mass is 9.64. The highest BCUT2D eigenvalue weighted by atomic mass is 16.5. The maximum absolute atomic E-state index is 13.9. The van der Waals surface area contributed by atoms with Gasteiger partial charge in [0.1, 0.15) is 17.0 Å². The molecule has 0 amide bonds. The average molecular weight is 599 g/mol. The third kappa shape index (κ3) is 4.85. The summed E-state index contributed by atoms with van der Waals surface area (Å²) in [6.45, 7) is 2.53. The smallest absolute Gasteiger partial charge is 0.360 e. The minimum atomic E-state index is -0.419. The lowest BCUT2D eigenvalue weighted by molar-refractivity contribution is -0.137. The predicted octanol–water partition coefficient (Wildman–Crippen LogP) is 7.37. The van der Waals surface area contributed by atoms with Gasteiger partial charge in [-0.3, -0.25) is 0 Å². The number of benzene rings is 4. The monoisotopic (exact) mass is 598 g/mol. The molecule has 1 aromatic heterocycles. The van der Waals surface area contributed by atoms with Crippen LogP contribution in [0.4, 0.5) is 5.69 Å². The Kier molecular flexibility index (Phi) is 7.37. The number of nitrogens with zero attached hydrogens (tertiary/aromatic N) is 1. The summed E-state index contributed by atoms with van der Waals surface area (Å²) in [5, 5.41) is 4.50. The van der Waals surface area contributed by atoms with Crippen molar-refractivity contribution in [3.63, 3.8) is 0 Å². The maximum atomic E-state index is 13.9. The minimum absolute atomic E-state index is 0.236. The SMILES string of the molecule is COC(=O)C1=C(C)N(Cc2ccccc2)[C@@H]2c3c(c(=O)oc4ccccc34)N[C@@H](c3ccc(OC)cc3)[C@@H]2C1c1ccccc1. The Morgan fingerprint density at radius 1 is 0.844 bits per heavy atom. The average Bonchev–Trinajstić information content (AvgIpc) is 3.09. The number of carbonyl (C=O) groups is 1. The van der Waals surface area contributed by atoms with Crippen molar-refractivity contribution in [3.8, 4) is 5.75 Å². The number of fused-ring (bicyclic) bond motifs is 5. The normalized spacial score (nSPS) is 20.6. The van der Waals surface area contributed by atoms with E-state index in [-0.39, 0.29) is 29.9 Å². The van der Waals surface area contributed by atoms with Crippen molar-refractivity contribution in [2.75, 3.05) is 19.5 Å². The predicted molar refractivity (Wildman–Crippen MR) is 174 cm³/mol. The van der Waals surface area contributed by atoms with Gasteiger partial charge >= 0.3 is 11.6 Å². The van der Waals surface area contributed by atoms with Gasteiger partial charge in [0.2, 0.25) is 0 Å². The molecule has 226 valence electrons. The van der Waals surface area contributed by atoms with Gasteiger partial charge < -0.3 is 24.1 Å². The molecule has 4 atom stereocenters. The van der Waals surface area contributed by atoms with E-state index in [4.69, 9.17) is 13.9 Å². The van der Waals surface area contributed by atoms with Crippen LogP contribution >= 0.6 is 0 Å². The molecule has 0 bridgehead atoms. The number of methoxy groups -OCH3 is 2. The number of anilines is 1. The molecule has 0 fully saturated rings. The number of nitrogens with one attached hydrogen (secondary N) is 1. The number of carbonyl (C=O) groups excluding carboxylic acids is 1. The fourth-order valence-electron chi connectivity index (χ4n) is 7.31. The van der Waals surface area contributed by atoms with Crippen LogP contribution in [0.1, 0.15) is 47.2 Å². The van der Waals surface area contributed by atoms with Gasteiger partial charge in [0.25, 0.3) is 0 Å². The van der Waals surface area contributed by atoms with Crippen LogP contribution in [0.3, 0.4) is 0 Å². The van der Waals surface area contributed by atoms with Gasteiger partial charge in [0.15, 0.2) is 0 Å². The van der Waals surface area contributed by atoms with E-state index >= 15 is 0 Å². The number of hydrogen-bond donors (Lipinski definition) is 1. The number of rotatable bonds is 6. The highest BCUT2D eigenvalue weighted by Gasteiger charge is 2.52. The Balaban J connectivity index is 1.58. The van der Waals surface area contributed by atoms with Crippen LogP contribution in [-0.2, 0) is 16.1 Å². The molecule has 2 aliphatic heterocycles. The largest absolute Gasteiger partial charge is 0.497 e. The first-order valence-electron chi connectivity index (χ1n) is 15.1. The summed E-state index contributed by atoms with van der Waals surface area (Å²) in [6, 6.07) is 35.2. The fraction of sp³-hybridized carbons (Fsp3) is 0.211. The van der Waals surface area contributed by atoms with Crippen LogP contribution in [0, 0.1) is 5.92 Å². The number of esters is 1. The summed E-state index contributed by atoms with van der Waals surface area (Å²) >= 11 is 0. The standard InChI is InChI=1S/C38H34N2O5/c1-23-30(37(41)44-3)31(25-14-8-5-9-15-25)33-34(26-18-20-27(43-2)21-19-26)39-35-32(28-16-10-11-17-29(28)45-38(35)42)36(33)40(23)22-24-12-6-4-7-13-24/h4-21,31,33-34,36,39H,22H2,1-3H3/t31?,33-,34-,36+/m0/s1. The first kappa shape index (κ1) is 28.5. The van der Waals surface area contributed by atoms with E-state index < -0.39 is 5.63 Å². The molecular weight excluding hydrogens is 564 g/mol. The zero-order chi connectivity index (χ0) is 31.1. The summed E-state index contributed by atoms with van der Waals surface area (Å²) in [6.07, 6.45) is 0. The molecule has 2 aliphatic rings. The number of para-hydroxylation sites is 1. The molecule has 0 spiro atoms. The maximum Gasteiger partial charge on any atom is 0.360 e. The zero-order valence-electron chi connectivity index (χ0n) is 25.4. The third-order valence-corrected chi connectivity index (χ3v) is 9.29. The summed E-state index contributed by atoms with van der Waals surface area (Å²) in [5.41, 5.74) is 5.91. The Morgan fingerprint density at radius 2 is 1.51 bits per heavy atom. The second-order valence-electron chi connectivity index (χ2n) is 11.6.